The van der Waals surface area contributed by atoms with E-state index in [1.807, 2.05) is 0 Å². The zero-order valence-electron chi connectivity index (χ0n) is 11.4. The minimum Gasteiger partial charge on any atom is -0.474 e. The van der Waals surface area contributed by atoms with Crippen LogP contribution in [0.3, 0.4) is 0 Å². The molecule has 1 saturated heterocycles. The first-order chi connectivity index (χ1) is 9.35. The van der Waals surface area contributed by atoms with Crippen molar-refractivity contribution in [3.8, 4) is 5.88 Å². The van der Waals surface area contributed by atoms with Gasteiger partial charge in [0.15, 0.2) is 0 Å². The summed E-state index contributed by atoms with van der Waals surface area (Å²) in [6.45, 7) is 7.56. The van der Waals surface area contributed by atoms with E-state index in [2.05, 4.69) is 25.5 Å². The molecule has 0 bridgehead atoms. The highest BCUT2D eigenvalue weighted by Gasteiger charge is 2.22. The van der Waals surface area contributed by atoms with E-state index in [1.165, 1.54) is 11.7 Å². The molecular formula is C12H22N4O2S. The van der Waals surface area contributed by atoms with Crippen molar-refractivity contribution in [2.45, 2.75) is 19.8 Å². The molecule has 1 aromatic heterocycles. The van der Waals surface area contributed by atoms with Crippen molar-refractivity contribution in [3.05, 3.63) is 0 Å². The summed E-state index contributed by atoms with van der Waals surface area (Å²) in [7, 11) is 0. The third-order valence-electron chi connectivity index (χ3n) is 3.27. The van der Waals surface area contributed by atoms with Crippen molar-refractivity contribution in [1.29, 1.82) is 0 Å². The summed E-state index contributed by atoms with van der Waals surface area (Å²) in [6.07, 6.45) is 2.16. The summed E-state index contributed by atoms with van der Waals surface area (Å²) >= 11 is 1.21. The molecule has 2 rings (SSSR count). The Morgan fingerprint density at radius 3 is 2.74 bits per heavy atom. The van der Waals surface area contributed by atoms with Gasteiger partial charge in [0.25, 0.3) is 5.88 Å². The van der Waals surface area contributed by atoms with Crippen LogP contribution < -0.4 is 9.64 Å². The molecule has 7 heteroatoms. The maximum absolute atomic E-state index is 8.94. The van der Waals surface area contributed by atoms with Gasteiger partial charge in [-0.25, -0.2) is 0 Å². The average molecular weight is 286 g/mol. The lowest BCUT2D eigenvalue weighted by molar-refractivity contribution is 0.188. The molecule has 0 saturated carbocycles. The number of rotatable bonds is 7. The second-order valence-corrected chi connectivity index (χ2v) is 5.18. The number of aliphatic hydroxyl groups excluding tert-OH is 1. The minimum absolute atomic E-state index is 0.226. The van der Waals surface area contributed by atoms with E-state index in [0.717, 1.165) is 51.4 Å². The lowest BCUT2D eigenvalue weighted by Gasteiger charge is -2.34. The molecule has 0 radical (unpaired) electrons. The van der Waals surface area contributed by atoms with Crippen molar-refractivity contribution in [2.24, 2.45) is 0 Å². The molecule has 0 aromatic carbocycles. The SMILES string of the molecule is CCCCOc1nsnc1N1CCN(CCO)CC1. The molecule has 1 aliphatic rings. The van der Waals surface area contributed by atoms with Gasteiger partial charge in [-0.15, -0.1) is 4.37 Å². The smallest absolute Gasteiger partial charge is 0.270 e. The van der Waals surface area contributed by atoms with Gasteiger partial charge >= 0.3 is 0 Å². The quantitative estimate of drug-likeness (QED) is 0.749. The van der Waals surface area contributed by atoms with Gasteiger partial charge in [0.1, 0.15) is 0 Å². The van der Waals surface area contributed by atoms with E-state index in [1.54, 1.807) is 0 Å². The number of ether oxygens (including phenoxy) is 1. The average Bonchev–Trinajstić information content (AvgIpc) is 2.89. The molecule has 0 spiro atoms. The largest absolute Gasteiger partial charge is 0.474 e. The van der Waals surface area contributed by atoms with Crippen LogP contribution in [0.5, 0.6) is 5.88 Å². The van der Waals surface area contributed by atoms with E-state index in [-0.39, 0.29) is 6.61 Å². The zero-order valence-corrected chi connectivity index (χ0v) is 12.2. The summed E-state index contributed by atoms with van der Waals surface area (Å²) in [5.41, 5.74) is 0. The van der Waals surface area contributed by atoms with Crippen LogP contribution in [0.4, 0.5) is 5.82 Å². The molecular weight excluding hydrogens is 264 g/mol. The summed E-state index contributed by atoms with van der Waals surface area (Å²) in [5.74, 6) is 1.55. The van der Waals surface area contributed by atoms with Crippen molar-refractivity contribution in [1.82, 2.24) is 13.6 Å². The second-order valence-electron chi connectivity index (χ2n) is 4.65. The number of anilines is 1. The van der Waals surface area contributed by atoms with Crippen LogP contribution in [-0.2, 0) is 0 Å². The first-order valence-electron chi connectivity index (χ1n) is 6.88. The molecule has 1 N–H and O–H groups in total. The third-order valence-corrected chi connectivity index (χ3v) is 3.77. The summed E-state index contributed by atoms with van der Waals surface area (Å²) in [4.78, 5) is 4.48. The molecule has 0 amide bonds. The van der Waals surface area contributed by atoms with E-state index >= 15 is 0 Å². The molecule has 108 valence electrons. The van der Waals surface area contributed by atoms with Gasteiger partial charge in [-0.2, -0.15) is 4.37 Å². The molecule has 2 heterocycles. The van der Waals surface area contributed by atoms with Gasteiger partial charge in [0.2, 0.25) is 5.82 Å². The summed E-state index contributed by atoms with van der Waals surface area (Å²) in [5, 5.41) is 8.94. The highest BCUT2D eigenvalue weighted by atomic mass is 32.1. The summed E-state index contributed by atoms with van der Waals surface area (Å²) in [6, 6.07) is 0. The Hall–Kier alpha value is -0.920. The number of hydrogen-bond donors (Lipinski definition) is 1. The lowest BCUT2D eigenvalue weighted by Crippen LogP contribution is -2.47. The normalized spacial score (nSPS) is 16.8. The van der Waals surface area contributed by atoms with Crippen LogP contribution >= 0.6 is 11.7 Å². The minimum atomic E-state index is 0.226. The van der Waals surface area contributed by atoms with Gasteiger partial charge in [-0.05, 0) is 6.42 Å². The topological polar surface area (TPSA) is 61.7 Å². The highest BCUT2D eigenvalue weighted by molar-refractivity contribution is 6.99. The van der Waals surface area contributed by atoms with Crippen LogP contribution in [0.15, 0.2) is 0 Å². The second kappa shape index (κ2) is 7.62. The van der Waals surface area contributed by atoms with E-state index in [4.69, 9.17) is 9.84 Å². The van der Waals surface area contributed by atoms with Crippen LogP contribution in [0.1, 0.15) is 19.8 Å². The molecule has 0 atom stereocenters. The number of aromatic nitrogens is 2. The van der Waals surface area contributed by atoms with Gasteiger partial charge in [-0.3, -0.25) is 4.90 Å². The fourth-order valence-corrected chi connectivity index (χ4v) is 2.62. The fraction of sp³-hybridized carbons (Fsp3) is 0.833. The number of β-amino-alcohol motifs (C(OH)–C–C–N with tert-alkyl or cyclic N) is 1. The van der Waals surface area contributed by atoms with Crippen LogP contribution in [0, 0.1) is 0 Å². The molecule has 1 aliphatic heterocycles. The monoisotopic (exact) mass is 286 g/mol. The Kier molecular flexibility index (Phi) is 5.81. The molecule has 1 fully saturated rings. The van der Waals surface area contributed by atoms with E-state index in [9.17, 15) is 0 Å². The first-order valence-corrected chi connectivity index (χ1v) is 7.61. The van der Waals surface area contributed by atoms with Crippen molar-refractivity contribution in [3.63, 3.8) is 0 Å². The number of unbranched alkanes of at least 4 members (excludes halogenated alkanes) is 1. The van der Waals surface area contributed by atoms with E-state index < -0.39 is 0 Å². The fourth-order valence-electron chi connectivity index (χ4n) is 2.10. The van der Waals surface area contributed by atoms with Gasteiger partial charge in [0.05, 0.1) is 24.9 Å². The molecule has 0 aliphatic carbocycles. The number of aliphatic hydroxyl groups is 1. The van der Waals surface area contributed by atoms with Gasteiger partial charge in [0, 0.05) is 32.7 Å². The molecule has 0 unspecified atom stereocenters. The van der Waals surface area contributed by atoms with Crippen LogP contribution in [0.25, 0.3) is 0 Å². The molecule has 19 heavy (non-hydrogen) atoms. The Morgan fingerprint density at radius 1 is 1.26 bits per heavy atom. The van der Waals surface area contributed by atoms with Crippen molar-refractivity contribution < 1.29 is 9.84 Å². The Labute approximate surface area is 118 Å². The van der Waals surface area contributed by atoms with Crippen molar-refractivity contribution in [2.75, 3.05) is 50.8 Å². The Bertz CT molecular complexity index is 366. The Balaban J connectivity index is 1.87. The maximum atomic E-state index is 8.94. The number of nitrogens with zero attached hydrogens (tertiary/aromatic N) is 4. The predicted molar refractivity (Wildman–Crippen MR) is 76.1 cm³/mol. The van der Waals surface area contributed by atoms with Crippen molar-refractivity contribution >= 4 is 17.5 Å². The van der Waals surface area contributed by atoms with Gasteiger partial charge in [-0.1, -0.05) is 13.3 Å². The highest BCUT2D eigenvalue weighted by Crippen LogP contribution is 2.26. The van der Waals surface area contributed by atoms with Crippen LogP contribution in [0.2, 0.25) is 0 Å². The molecule has 1 aromatic rings. The number of piperazine rings is 1. The molecule has 6 nitrogen and oxygen atoms in total. The van der Waals surface area contributed by atoms with Crippen LogP contribution in [-0.4, -0.2) is 64.7 Å². The maximum Gasteiger partial charge on any atom is 0.270 e. The predicted octanol–water partition coefficient (Wildman–Crippen LogP) is 0.831. The third kappa shape index (κ3) is 4.02. The number of hydrogen-bond acceptors (Lipinski definition) is 7. The standard InChI is InChI=1S/C12H22N4O2S/c1-2-3-10-18-12-11(13-19-14-12)16-6-4-15(5-7-16)8-9-17/h17H,2-10H2,1H3. The zero-order chi connectivity index (χ0) is 13.5. The Morgan fingerprint density at radius 2 is 2.05 bits per heavy atom. The van der Waals surface area contributed by atoms with Gasteiger partial charge < -0.3 is 14.7 Å². The summed E-state index contributed by atoms with van der Waals surface area (Å²) < 4.78 is 14.3. The lowest BCUT2D eigenvalue weighted by atomic mass is 10.3. The first kappa shape index (κ1) is 14.5. The van der Waals surface area contributed by atoms with E-state index in [0.29, 0.717) is 12.5 Å².